The summed E-state index contributed by atoms with van der Waals surface area (Å²) >= 11 is 0. The minimum atomic E-state index is -0.835. The van der Waals surface area contributed by atoms with E-state index in [9.17, 15) is 18.4 Å². The second-order valence-electron chi connectivity index (χ2n) is 5.53. The third-order valence-electron chi connectivity index (χ3n) is 3.70. The molecular formula is C18H14F2N4O2. The largest absolute Gasteiger partial charge is 0.348 e. The summed E-state index contributed by atoms with van der Waals surface area (Å²) in [4.78, 5) is 32.5. The Morgan fingerprint density at radius 2 is 1.77 bits per heavy atom. The van der Waals surface area contributed by atoms with Crippen molar-refractivity contribution in [1.82, 2.24) is 14.5 Å². The summed E-state index contributed by atoms with van der Waals surface area (Å²) < 4.78 is 27.7. The van der Waals surface area contributed by atoms with Gasteiger partial charge in [0.15, 0.2) is 5.78 Å². The number of nitrogens with zero attached hydrogens (tertiary/aromatic N) is 3. The number of anilines is 1. The second kappa shape index (κ2) is 7.22. The lowest BCUT2D eigenvalue weighted by Crippen LogP contribution is -2.24. The normalized spacial score (nSPS) is 10.6. The molecule has 26 heavy (non-hydrogen) atoms. The Hall–Kier alpha value is -3.42. The van der Waals surface area contributed by atoms with E-state index in [1.165, 1.54) is 17.7 Å². The molecule has 3 aromatic rings. The Morgan fingerprint density at radius 1 is 1.12 bits per heavy atom. The summed E-state index contributed by atoms with van der Waals surface area (Å²) in [6, 6.07) is 7.36. The molecule has 0 unspecified atom stereocenters. The van der Waals surface area contributed by atoms with Crippen LogP contribution in [0.2, 0.25) is 0 Å². The van der Waals surface area contributed by atoms with Crippen molar-refractivity contribution in [3.63, 3.8) is 0 Å². The van der Waals surface area contributed by atoms with Gasteiger partial charge in [0.25, 0.3) is 5.56 Å². The molecule has 8 heteroatoms. The van der Waals surface area contributed by atoms with Gasteiger partial charge in [-0.05, 0) is 24.3 Å². The van der Waals surface area contributed by atoms with Crippen molar-refractivity contribution in [2.45, 2.75) is 0 Å². The predicted octanol–water partition coefficient (Wildman–Crippen LogP) is 2.42. The highest BCUT2D eigenvalue weighted by molar-refractivity contribution is 5.98. The average Bonchev–Trinajstić information content (AvgIpc) is 2.62. The average molecular weight is 356 g/mol. The molecule has 0 bridgehead atoms. The fraction of sp³-hybridized carbons (Fsp3) is 0.111. The van der Waals surface area contributed by atoms with E-state index in [-0.39, 0.29) is 23.6 Å². The summed E-state index contributed by atoms with van der Waals surface area (Å²) in [5.41, 5.74) is 0.686. The zero-order valence-corrected chi connectivity index (χ0v) is 13.7. The number of ketones is 1. The highest BCUT2D eigenvalue weighted by Crippen LogP contribution is 2.16. The molecule has 6 nitrogen and oxygen atoms in total. The smallest absolute Gasteiger partial charge is 0.255 e. The first-order chi connectivity index (χ1) is 12.4. The summed E-state index contributed by atoms with van der Waals surface area (Å²) in [6.07, 6.45) is 3.15. The first kappa shape index (κ1) is 17.4. The number of carbonyl (C=O) groups excluding carboxylic acids is 1. The van der Waals surface area contributed by atoms with E-state index in [0.29, 0.717) is 17.3 Å². The number of aromatic nitrogens is 3. The number of hydrogen-bond donors (Lipinski definition) is 1. The molecule has 132 valence electrons. The van der Waals surface area contributed by atoms with Gasteiger partial charge in [-0.1, -0.05) is 0 Å². The molecule has 0 saturated heterocycles. The molecule has 2 aromatic heterocycles. The topological polar surface area (TPSA) is 76.9 Å². The number of rotatable bonds is 5. The van der Waals surface area contributed by atoms with Gasteiger partial charge in [0.05, 0.1) is 12.2 Å². The van der Waals surface area contributed by atoms with Gasteiger partial charge in [-0.25, -0.2) is 13.8 Å². The SMILES string of the molecule is Cn1c(NCC(=O)c2cc(F)cc(F)c2)nc(-c2ccncc2)cc1=O. The molecule has 0 aliphatic rings. The van der Waals surface area contributed by atoms with Gasteiger partial charge >= 0.3 is 0 Å². The number of nitrogens with one attached hydrogen (secondary N) is 1. The quantitative estimate of drug-likeness (QED) is 0.711. The van der Waals surface area contributed by atoms with Crippen LogP contribution in [0.1, 0.15) is 10.4 Å². The number of halogens is 2. The van der Waals surface area contributed by atoms with Crippen molar-refractivity contribution in [3.05, 3.63) is 76.3 Å². The van der Waals surface area contributed by atoms with Crippen molar-refractivity contribution in [2.75, 3.05) is 11.9 Å². The van der Waals surface area contributed by atoms with Crippen LogP contribution in [0.4, 0.5) is 14.7 Å². The van der Waals surface area contributed by atoms with Crippen LogP contribution in [-0.2, 0) is 7.05 Å². The molecular weight excluding hydrogens is 342 g/mol. The van der Waals surface area contributed by atoms with E-state index in [1.807, 2.05) is 0 Å². The predicted molar refractivity (Wildman–Crippen MR) is 91.9 cm³/mol. The van der Waals surface area contributed by atoms with Gasteiger partial charge in [0, 0.05) is 42.7 Å². The van der Waals surface area contributed by atoms with E-state index in [4.69, 9.17) is 0 Å². The Morgan fingerprint density at radius 3 is 2.42 bits per heavy atom. The molecule has 0 aliphatic heterocycles. The monoisotopic (exact) mass is 356 g/mol. The zero-order valence-electron chi connectivity index (χ0n) is 13.7. The van der Waals surface area contributed by atoms with Crippen LogP contribution in [0.25, 0.3) is 11.3 Å². The van der Waals surface area contributed by atoms with Crippen LogP contribution in [0.3, 0.4) is 0 Å². The van der Waals surface area contributed by atoms with E-state index in [2.05, 4.69) is 15.3 Å². The lowest BCUT2D eigenvalue weighted by atomic mass is 10.1. The molecule has 0 aliphatic carbocycles. The number of hydrogen-bond acceptors (Lipinski definition) is 5. The third-order valence-corrected chi connectivity index (χ3v) is 3.70. The Bertz CT molecular complexity index is 999. The van der Waals surface area contributed by atoms with Gasteiger partial charge in [-0.15, -0.1) is 0 Å². The minimum absolute atomic E-state index is 0.106. The molecule has 0 radical (unpaired) electrons. The van der Waals surface area contributed by atoms with Gasteiger partial charge in [-0.2, -0.15) is 0 Å². The summed E-state index contributed by atoms with van der Waals surface area (Å²) in [7, 11) is 1.50. The Balaban J connectivity index is 1.84. The van der Waals surface area contributed by atoms with Crippen molar-refractivity contribution in [2.24, 2.45) is 7.05 Å². The number of pyridine rings is 1. The van der Waals surface area contributed by atoms with Crippen LogP contribution in [0.15, 0.2) is 53.6 Å². The van der Waals surface area contributed by atoms with E-state index in [0.717, 1.165) is 12.1 Å². The number of carbonyl (C=O) groups is 1. The van der Waals surface area contributed by atoms with Crippen LogP contribution < -0.4 is 10.9 Å². The van der Waals surface area contributed by atoms with Crippen molar-refractivity contribution >= 4 is 11.7 Å². The van der Waals surface area contributed by atoms with Crippen LogP contribution in [-0.4, -0.2) is 26.9 Å². The van der Waals surface area contributed by atoms with Crippen molar-refractivity contribution in [1.29, 1.82) is 0 Å². The molecule has 1 N–H and O–H groups in total. The van der Waals surface area contributed by atoms with Gasteiger partial charge < -0.3 is 5.32 Å². The maximum absolute atomic E-state index is 13.2. The summed E-state index contributed by atoms with van der Waals surface area (Å²) in [5.74, 6) is -2.04. The molecule has 1 aromatic carbocycles. The van der Waals surface area contributed by atoms with E-state index >= 15 is 0 Å². The molecule has 0 fully saturated rings. The van der Waals surface area contributed by atoms with Gasteiger partial charge in [0.1, 0.15) is 11.6 Å². The molecule has 0 atom stereocenters. The van der Waals surface area contributed by atoms with Crippen molar-refractivity contribution < 1.29 is 13.6 Å². The zero-order chi connectivity index (χ0) is 18.7. The molecule has 2 heterocycles. The van der Waals surface area contributed by atoms with Crippen LogP contribution in [0, 0.1) is 11.6 Å². The molecule has 0 spiro atoms. The van der Waals surface area contributed by atoms with Gasteiger partial charge in [0.2, 0.25) is 5.95 Å². The Kier molecular flexibility index (Phi) is 4.83. The standard InChI is InChI=1S/C18H14F2N4O2/c1-24-17(26)9-15(11-2-4-21-5-3-11)23-18(24)22-10-16(25)12-6-13(19)8-14(20)7-12/h2-9H,10H2,1H3,(H,22,23). The van der Waals surface area contributed by atoms with Crippen molar-refractivity contribution in [3.8, 4) is 11.3 Å². The molecule has 3 rings (SSSR count). The maximum atomic E-state index is 13.2. The lowest BCUT2D eigenvalue weighted by Gasteiger charge is -2.11. The highest BCUT2D eigenvalue weighted by Gasteiger charge is 2.12. The first-order valence-electron chi connectivity index (χ1n) is 7.65. The molecule has 0 amide bonds. The second-order valence-corrected chi connectivity index (χ2v) is 5.53. The van der Waals surface area contributed by atoms with Crippen LogP contribution >= 0.6 is 0 Å². The summed E-state index contributed by atoms with van der Waals surface area (Å²) in [5, 5.41) is 2.74. The lowest BCUT2D eigenvalue weighted by molar-refractivity contribution is 0.100. The van der Waals surface area contributed by atoms with E-state index in [1.54, 1.807) is 24.5 Å². The van der Waals surface area contributed by atoms with E-state index < -0.39 is 17.4 Å². The number of Topliss-reactive ketones (excluding diaryl/α,β-unsaturated/α-hetero) is 1. The van der Waals surface area contributed by atoms with Crippen LogP contribution in [0.5, 0.6) is 0 Å². The number of benzene rings is 1. The third kappa shape index (κ3) is 3.80. The Labute approximate surface area is 147 Å². The minimum Gasteiger partial charge on any atom is -0.348 e. The summed E-state index contributed by atoms with van der Waals surface area (Å²) in [6.45, 7) is -0.275. The highest BCUT2D eigenvalue weighted by atomic mass is 19.1. The molecule has 0 saturated carbocycles. The fourth-order valence-electron chi connectivity index (χ4n) is 2.34. The first-order valence-corrected chi connectivity index (χ1v) is 7.65. The fourth-order valence-corrected chi connectivity index (χ4v) is 2.34. The maximum Gasteiger partial charge on any atom is 0.255 e. The van der Waals surface area contributed by atoms with Gasteiger partial charge in [-0.3, -0.25) is 19.1 Å².